The number of ether oxygens (including phenoxy) is 1. The minimum atomic E-state index is -0.0531. The lowest BCUT2D eigenvalue weighted by Gasteiger charge is -2.36. The van der Waals surface area contributed by atoms with Crippen LogP contribution in [-0.4, -0.2) is 49.0 Å². The van der Waals surface area contributed by atoms with Crippen LogP contribution in [0.15, 0.2) is 24.3 Å². The van der Waals surface area contributed by atoms with Gasteiger partial charge in [0, 0.05) is 37.7 Å². The normalized spacial score (nSPS) is 19.1. The van der Waals surface area contributed by atoms with Crippen molar-refractivity contribution in [3.63, 3.8) is 0 Å². The lowest BCUT2D eigenvalue weighted by atomic mass is 10.0. The number of rotatable bonds is 8. The zero-order valence-corrected chi connectivity index (χ0v) is 16.5. The van der Waals surface area contributed by atoms with E-state index in [2.05, 4.69) is 5.32 Å². The molecule has 0 spiro atoms. The fourth-order valence-corrected chi connectivity index (χ4v) is 3.29. The van der Waals surface area contributed by atoms with Gasteiger partial charge in [0.1, 0.15) is 5.75 Å². The number of nitrogens with one attached hydrogen (secondary N) is 1. The summed E-state index contributed by atoms with van der Waals surface area (Å²) in [6, 6.07) is 7.46. The number of piperidine rings is 1. The van der Waals surface area contributed by atoms with Crippen molar-refractivity contribution >= 4 is 24.2 Å². The zero-order valence-electron chi connectivity index (χ0n) is 15.7. The maximum atomic E-state index is 12.9. The molecule has 3 N–H and O–H groups in total. The molecule has 1 aromatic carbocycles. The molecule has 150 valence electrons. The van der Waals surface area contributed by atoms with Gasteiger partial charge in [0.15, 0.2) is 0 Å². The molecular weight excluding hydrogens is 366 g/mol. The Labute approximate surface area is 167 Å². The Hall–Kier alpha value is -1.79. The molecule has 2 amide bonds. The van der Waals surface area contributed by atoms with Crippen molar-refractivity contribution in [2.45, 2.75) is 44.6 Å². The van der Waals surface area contributed by atoms with Crippen LogP contribution in [0.2, 0.25) is 0 Å². The minimum absolute atomic E-state index is 0. The van der Waals surface area contributed by atoms with Crippen molar-refractivity contribution in [2.24, 2.45) is 11.7 Å². The predicted octanol–water partition coefficient (Wildman–Crippen LogP) is 2.36. The van der Waals surface area contributed by atoms with Crippen molar-refractivity contribution in [1.29, 1.82) is 0 Å². The van der Waals surface area contributed by atoms with E-state index in [0.29, 0.717) is 31.0 Å². The van der Waals surface area contributed by atoms with Gasteiger partial charge < -0.3 is 20.7 Å². The van der Waals surface area contributed by atoms with Crippen molar-refractivity contribution in [3.05, 3.63) is 29.8 Å². The average molecular weight is 396 g/mol. The molecule has 0 aromatic heterocycles. The van der Waals surface area contributed by atoms with Crippen LogP contribution in [0.1, 0.15) is 48.9 Å². The van der Waals surface area contributed by atoms with Crippen LogP contribution in [0, 0.1) is 5.92 Å². The number of benzene rings is 1. The van der Waals surface area contributed by atoms with E-state index < -0.39 is 0 Å². The monoisotopic (exact) mass is 395 g/mol. The van der Waals surface area contributed by atoms with E-state index in [0.717, 1.165) is 38.2 Å². The van der Waals surface area contributed by atoms with Gasteiger partial charge in [0.2, 0.25) is 5.91 Å². The van der Waals surface area contributed by atoms with Gasteiger partial charge in [-0.25, -0.2) is 0 Å². The average Bonchev–Trinajstić information content (AvgIpc) is 3.50. The van der Waals surface area contributed by atoms with Gasteiger partial charge >= 0.3 is 0 Å². The lowest BCUT2D eigenvalue weighted by Crippen LogP contribution is -2.49. The molecule has 7 heteroatoms. The zero-order chi connectivity index (χ0) is 18.4. The standard InChI is InChI=1S/C20H29N3O3.ClH/c21-11-10-19(24)22-13-17-3-1-2-12-23(17)20(25)16-6-8-18(9-7-16)26-14-15-4-5-15;/h6-9,15,17H,1-5,10-14,21H2,(H,22,24);1H. The molecule has 2 aliphatic rings. The van der Waals surface area contributed by atoms with E-state index in [1.54, 1.807) is 0 Å². The molecule has 0 bridgehead atoms. The molecule has 1 atom stereocenters. The maximum absolute atomic E-state index is 12.9. The number of nitrogens with zero attached hydrogens (tertiary/aromatic N) is 1. The fraction of sp³-hybridized carbons (Fsp3) is 0.600. The predicted molar refractivity (Wildman–Crippen MR) is 107 cm³/mol. The van der Waals surface area contributed by atoms with E-state index in [4.69, 9.17) is 10.5 Å². The Balaban J connectivity index is 0.00000261. The van der Waals surface area contributed by atoms with Crippen LogP contribution in [0.25, 0.3) is 0 Å². The van der Waals surface area contributed by atoms with Gasteiger partial charge in [-0.05, 0) is 62.3 Å². The first-order valence-electron chi connectivity index (χ1n) is 9.68. The first-order valence-corrected chi connectivity index (χ1v) is 9.68. The third kappa shape index (κ3) is 6.40. The van der Waals surface area contributed by atoms with Crippen LogP contribution >= 0.6 is 12.4 Å². The third-order valence-electron chi connectivity index (χ3n) is 5.08. The van der Waals surface area contributed by atoms with E-state index in [1.807, 2.05) is 29.2 Å². The number of hydrogen-bond donors (Lipinski definition) is 2. The highest BCUT2D eigenvalue weighted by molar-refractivity contribution is 5.94. The van der Waals surface area contributed by atoms with Gasteiger partial charge in [0.25, 0.3) is 5.91 Å². The second kappa shape index (κ2) is 10.5. The second-order valence-corrected chi connectivity index (χ2v) is 7.27. The molecule has 3 rings (SSSR count). The number of halogens is 1. The summed E-state index contributed by atoms with van der Waals surface area (Å²) in [5.41, 5.74) is 6.08. The van der Waals surface area contributed by atoms with Crippen LogP contribution in [0.5, 0.6) is 5.75 Å². The van der Waals surface area contributed by atoms with Gasteiger partial charge in [-0.15, -0.1) is 12.4 Å². The van der Waals surface area contributed by atoms with Crippen LogP contribution < -0.4 is 15.8 Å². The molecular formula is C20H30ClN3O3. The molecule has 0 radical (unpaired) electrons. The van der Waals surface area contributed by atoms with Crippen molar-refractivity contribution in [1.82, 2.24) is 10.2 Å². The number of carbonyl (C=O) groups is 2. The van der Waals surface area contributed by atoms with Gasteiger partial charge in [-0.1, -0.05) is 0 Å². The lowest BCUT2D eigenvalue weighted by molar-refractivity contribution is -0.121. The third-order valence-corrected chi connectivity index (χ3v) is 5.08. The van der Waals surface area contributed by atoms with Gasteiger partial charge in [-0.2, -0.15) is 0 Å². The van der Waals surface area contributed by atoms with E-state index in [1.165, 1.54) is 12.8 Å². The first-order chi connectivity index (χ1) is 12.7. The quantitative estimate of drug-likeness (QED) is 0.707. The largest absolute Gasteiger partial charge is 0.493 e. The van der Waals surface area contributed by atoms with Crippen LogP contribution in [0.4, 0.5) is 0 Å². The molecule has 1 saturated carbocycles. The van der Waals surface area contributed by atoms with E-state index >= 15 is 0 Å². The number of amides is 2. The summed E-state index contributed by atoms with van der Waals surface area (Å²) in [6.07, 6.45) is 5.83. The Morgan fingerprint density at radius 2 is 1.89 bits per heavy atom. The number of likely N-dealkylation sites (tertiary alicyclic amines) is 1. The number of nitrogens with two attached hydrogens (primary N) is 1. The maximum Gasteiger partial charge on any atom is 0.254 e. The molecule has 1 saturated heterocycles. The topological polar surface area (TPSA) is 84.7 Å². The highest BCUT2D eigenvalue weighted by Crippen LogP contribution is 2.29. The highest BCUT2D eigenvalue weighted by Gasteiger charge is 2.28. The summed E-state index contributed by atoms with van der Waals surface area (Å²) in [5.74, 6) is 1.50. The molecule has 1 heterocycles. The molecule has 1 aliphatic carbocycles. The molecule has 2 fully saturated rings. The second-order valence-electron chi connectivity index (χ2n) is 7.27. The summed E-state index contributed by atoms with van der Waals surface area (Å²) in [7, 11) is 0. The van der Waals surface area contributed by atoms with Gasteiger partial charge in [-0.3, -0.25) is 9.59 Å². The van der Waals surface area contributed by atoms with E-state index in [-0.39, 0.29) is 30.3 Å². The Bertz CT molecular complexity index is 619. The highest BCUT2D eigenvalue weighted by atomic mass is 35.5. The number of carbonyl (C=O) groups excluding carboxylic acids is 2. The molecule has 1 aromatic rings. The van der Waals surface area contributed by atoms with E-state index in [9.17, 15) is 9.59 Å². The van der Waals surface area contributed by atoms with Crippen molar-refractivity contribution in [3.8, 4) is 5.75 Å². The Kier molecular flexibility index (Phi) is 8.38. The summed E-state index contributed by atoms with van der Waals surface area (Å²) in [4.78, 5) is 26.5. The summed E-state index contributed by atoms with van der Waals surface area (Å²) in [5, 5.41) is 2.90. The summed E-state index contributed by atoms with van der Waals surface area (Å²) in [6.45, 7) is 2.33. The van der Waals surface area contributed by atoms with Crippen molar-refractivity contribution < 1.29 is 14.3 Å². The Morgan fingerprint density at radius 1 is 1.15 bits per heavy atom. The minimum Gasteiger partial charge on any atom is -0.493 e. The van der Waals surface area contributed by atoms with Crippen molar-refractivity contribution in [2.75, 3.05) is 26.2 Å². The van der Waals surface area contributed by atoms with Crippen LogP contribution in [0.3, 0.4) is 0 Å². The smallest absolute Gasteiger partial charge is 0.254 e. The number of hydrogen-bond acceptors (Lipinski definition) is 4. The molecule has 27 heavy (non-hydrogen) atoms. The Morgan fingerprint density at radius 3 is 2.56 bits per heavy atom. The molecule has 1 unspecified atom stereocenters. The fourth-order valence-electron chi connectivity index (χ4n) is 3.29. The SMILES string of the molecule is Cl.NCCC(=O)NCC1CCCCN1C(=O)c1ccc(OCC2CC2)cc1. The molecule has 6 nitrogen and oxygen atoms in total. The first kappa shape index (κ1) is 21.5. The van der Waals surface area contributed by atoms with Gasteiger partial charge in [0.05, 0.1) is 6.61 Å². The summed E-state index contributed by atoms with van der Waals surface area (Å²) < 4.78 is 5.74. The molecule has 1 aliphatic heterocycles. The van der Waals surface area contributed by atoms with Crippen LogP contribution in [-0.2, 0) is 4.79 Å². The summed E-state index contributed by atoms with van der Waals surface area (Å²) >= 11 is 0.